The summed E-state index contributed by atoms with van der Waals surface area (Å²) >= 11 is 3.53. The Balaban J connectivity index is 1.99. The Bertz CT molecular complexity index is 568. The number of nitrogens with one attached hydrogen (secondary N) is 1. The van der Waals surface area contributed by atoms with Gasteiger partial charge >= 0.3 is 0 Å². The summed E-state index contributed by atoms with van der Waals surface area (Å²) in [5, 5.41) is 6.86. The maximum atomic E-state index is 12.0. The van der Waals surface area contributed by atoms with Crippen LogP contribution in [0.25, 0.3) is 0 Å². The van der Waals surface area contributed by atoms with Crippen LogP contribution in [0, 0.1) is 6.92 Å². The molecule has 0 spiro atoms. The molecule has 0 aliphatic carbocycles. The highest BCUT2D eigenvalue weighted by Crippen LogP contribution is 2.20. The standard InChI is InChI=1S/C13H15BrN4O/c1-9-4-3-5-11(12(9)14)6-16-13(19)10(2)18-8-15-7-17-18/h3-5,7-8,10H,6H2,1-2H3,(H,16,19)/t10-/m0/s1. The lowest BCUT2D eigenvalue weighted by Crippen LogP contribution is -2.31. The zero-order valence-electron chi connectivity index (χ0n) is 10.8. The molecule has 1 aromatic carbocycles. The molecular formula is C13H15BrN4O. The maximum absolute atomic E-state index is 12.0. The van der Waals surface area contributed by atoms with Crippen molar-refractivity contribution in [2.24, 2.45) is 0 Å². The van der Waals surface area contributed by atoms with Crippen molar-refractivity contribution in [3.05, 3.63) is 46.5 Å². The lowest BCUT2D eigenvalue weighted by Gasteiger charge is -2.13. The number of hydrogen-bond acceptors (Lipinski definition) is 3. The summed E-state index contributed by atoms with van der Waals surface area (Å²) in [6.45, 7) is 4.29. The summed E-state index contributed by atoms with van der Waals surface area (Å²) in [6, 6.07) is 5.61. The molecule has 0 saturated heterocycles. The first kappa shape index (κ1) is 13.7. The molecule has 1 heterocycles. The second kappa shape index (κ2) is 5.97. The van der Waals surface area contributed by atoms with Gasteiger partial charge in [0.25, 0.3) is 0 Å². The monoisotopic (exact) mass is 322 g/mol. The van der Waals surface area contributed by atoms with E-state index in [0.717, 1.165) is 15.6 Å². The molecule has 1 amide bonds. The topological polar surface area (TPSA) is 59.8 Å². The van der Waals surface area contributed by atoms with E-state index < -0.39 is 0 Å². The van der Waals surface area contributed by atoms with Crippen LogP contribution in [0.4, 0.5) is 0 Å². The molecule has 19 heavy (non-hydrogen) atoms. The maximum Gasteiger partial charge on any atom is 0.244 e. The van der Waals surface area contributed by atoms with E-state index in [4.69, 9.17) is 0 Å². The summed E-state index contributed by atoms with van der Waals surface area (Å²) in [5.41, 5.74) is 2.20. The van der Waals surface area contributed by atoms with Gasteiger partial charge in [0.15, 0.2) is 0 Å². The second-order valence-electron chi connectivity index (χ2n) is 4.32. The van der Waals surface area contributed by atoms with Crippen molar-refractivity contribution in [3.8, 4) is 0 Å². The molecule has 0 aliphatic rings. The van der Waals surface area contributed by atoms with E-state index in [1.54, 1.807) is 6.92 Å². The first-order valence-corrected chi connectivity index (χ1v) is 6.74. The molecule has 2 rings (SSSR count). The Morgan fingerprint density at radius 3 is 3.00 bits per heavy atom. The molecule has 100 valence electrons. The minimum atomic E-state index is -0.369. The average Bonchev–Trinajstić information content (AvgIpc) is 2.93. The summed E-state index contributed by atoms with van der Waals surface area (Å²) in [7, 11) is 0. The molecule has 1 aromatic heterocycles. The molecule has 0 radical (unpaired) electrons. The van der Waals surface area contributed by atoms with Crippen LogP contribution in [0.15, 0.2) is 35.3 Å². The number of rotatable bonds is 4. The highest BCUT2D eigenvalue weighted by atomic mass is 79.9. The van der Waals surface area contributed by atoms with E-state index >= 15 is 0 Å². The van der Waals surface area contributed by atoms with Crippen molar-refractivity contribution in [1.29, 1.82) is 0 Å². The molecule has 2 aromatic rings. The van der Waals surface area contributed by atoms with Gasteiger partial charge in [-0.05, 0) is 25.0 Å². The summed E-state index contributed by atoms with van der Waals surface area (Å²) in [4.78, 5) is 15.8. The smallest absolute Gasteiger partial charge is 0.244 e. The van der Waals surface area contributed by atoms with Crippen molar-refractivity contribution < 1.29 is 4.79 Å². The molecule has 1 atom stereocenters. The van der Waals surface area contributed by atoms with Gasteiger partial charge in [0.05, 0.1) is 0 Å². The van der Waals surface area contributed by atoms with E-state index in [0.29, 0.717) is 6.54 Å². The van der Waals surface area contributed by atoms with Crippen LogP contribution >= 0.6 is 15.9 Å². The lowest BCUT2D eigenvalue weighted by atomic mass is 10.1. The van der Waals surface area contributed by atoms with Crippen LogP contribution in [0.5, 0.6) is 0 Å². The highest BCUT2D eigenvalue weighted by molar-refractivity contribution is 9.10. The number of aryl methyl sites for hydroxylation is 1. The van der Waals surface area contributed by atoms with Gasteiger partial charge in [-0.25, -0.2) is 9.67 Å². The number of nitrogens with zero attached hydrogens (tertiary/aromatic N) is 3. The first-order chi connectivity index (χ1) is 9.09. The normalized spacial score (nSPS) is 12.2. The first-order valence-electron chi connectivity index (χ1n) is 5.95. The van der Waals surface area contributed by atoms with Crippen molar-refractivity contribution in [2.75, 3.05) is 0 Å². The van der Waals surface area contributed by atoms with Crippen molar-refractivity contribution >= 4 is 21.8 Å². The second-order valence-corrected chi connectivity index (χ2v) is 5.11. The van der Waals surface area contributed by atoms with Crippen LogP contribution in [0.1, 0.15) is 24.1 Å². The summed E-state index contributed by atoms with van der Waals surface area (Å²) in [5.74, 6) is -0.0843. The van der Waals surface area contributed by atoms with Gasteiger partial charge in [-0.1, -0.05) is 34.1 Å². The van der Waals surface area contributed by atoms with Gasteiger partial charge in [0.1, 0.15) is 18.7 Å². The molecule has 5 nitrogen and oxygen atoms in total. The third-order valence-electron chi connectivity index (χ3n) is 2.94. The number of carbonyl (C=O) groups is 1. The highest BCUT2D eigenvalue weighted by Gasteiger charge is 2.15. The van der Waals surface area contributed by atoms with E-state index in [1.807, 2.05) is 25.1 Å². The molecule has 0 bridgehead atoms. The van der Waals surface area contributed by atoms with Crippen LogP contribution < -0.4 is 5.32 Å². The van der Waals surface area contributed by atoms with Gasteiger partial charge in [-0.15, -0.1) is 0 Å². The third-order valence-corrected chi connectivity index (χ3v) is 4.07. The van der Waals surface area contributed by atoms with Crippen LogP contribution in [-0.4, -0.2) is 20.7 Å². The van der Waals surface area contributed by atoms with Crippen LogP contribution in [0.3, 0.4) is 0 Å². The molecule has 0 unspecified atom stereocenters. The van der Waals surface area contributed by atoms with E-state index in [-0.39, 0.29) is 11.9 Å². The SMILES string of the molecule is Cc1cccc(CNC(=O)[C@H](C)n2cncn2)c1Br. The van der Waals surface area contributed by atoms with Crippen LogP contribution in [-0.2, 0) is 11.3 Å². The number of halogens is 1. The number of hydrogen-bond donors (Lipinski definition) is 1. The zero-order chi connectivity index (χ0) is 13.8. The minimum Gasteiger partial charge on any atom is -0.350 e. The Morgan fingerprint density at radius 2 is 2.32 bits per heavy atom. The van der Waals surface area contributed by atoms with E-state index in [2.05, 4.69) is 31.3 Å². The molecule has 6 heteroatoms. The molecule has 1 N–H and O–H groups in total. The Morgan fingerprint density at radius 1 is 1.53 bits per heavy atom. The quantitative estimate of drug-likeness (QED) is 0.939. The van der Waals surface area contributed by atoms with Gasteiger partial charge in [0.2, 0.25) is 5.91 Å². The van der Waals surface area contributed by atoms with Crippen molar-refractivity contribution in [1.82, 2.24) is 20.1 Å². The predicted octanol–water partition coefficient (Wildman–Crippen LogP) is 2.23. The predicted molar refractivity (Wildman–Crippen MR) is 75.5 cm³/mol. The largest absolute Gasteiger partial charge is 0.350 e. The lowest BCUT2D eigenvalue weighted by molar-refractivity contribution is -0.124. The van der Waals surface area contributed by atoms with E-state index in [9.17, 15) is 4.79 Å². The fraction of sp³-hybridized carbons (Fsp3) is 0.308. The fourth-order valence-electron chi connectivity index (χ4n) is 1.71. The van der Waals surface area contributed by atoms with Crippen molar-refractivity contribution in [2.45, 2.75) is 26.4 Å². The number of benzene rings is 1. The molecule has 0 fully saturated rings. The average molecular weight is 323 g/mol. The Kier molecular flexibility index (Phi) is 4.31. The zero-order valence-corrected chi connectivity index (χ0v) is 12.4. The van der Waals surface area contributed by atoms with Gasteiger partial charge in [-0.2, -0.15) is 5.10 Å². The van der Waals surface area contributed by atoms with E-state index in [1.165, 1.54) is 17.3 Å². The Hall–Kier alpha value is -1.69. The third kappa shape index (κ3) is 3.20. The fourth-order valence-corrected chi connectivity index (χ4v) is 2.12. The minimum absolute atomic E-state index is 0.0843. The van der Waals surface area contributed by atoms with Gasteiger partial charge in [0, 0.05) is 11.0 Å². The molecule has 0 saturated carbocycles. The van der Waals surface area contributed by atoms with Gasteiger partial charge < -0.3 is 5.32 Å². The van der Waals surface area contributed by atoms with Crippen molar-refractivity contribution in [3.63, 3.8) is 0 Å². The molecular weight excluding hydrogens is 308 g/mol. The number of carbonyl (C=O) groups excluding carboxylic acids is 1. The molecule has 0 aliphatic heterocycles. The number of amides is 1. The van der Waals surface area contributed by atoms with Crippen LogP contribution in [0.2, 0.25) is 0 Å². The van der Waals surface area contributed by atoms with Gasteiger partial charge in [-0.3, -0.25) is 4.79 Å². The summed E-state index contributed by atoms with van der Waals surface area (Å²) < 4.78 is 2.56. The number of aromatic nitrogens is 3. The summed E-state index contributed by atoms with van der Waals surface area (Å²) in [6.07, 6.45) is 2.95. The Labute approximate surface area is 120 Å².